The highest BCUT2D eigenvalue weighted by Crippen LogP contribution is 2.40. The maximum atomic E-state index is 13.4. The van der Waals surface area contributed by atoms with Crippen LogP contribution in [0.25, 0.3) is 11.1 Å². The van der Waals surface area contributed by atoms with Crippen LogP contribution in [0.15, 0.2) is 60.3 Å². The molecule has 1 aliphatic carbocycles. The second-order valence-electron chi connectivity index (χ2n) is 12.3. The van der Waals surface area contributed by atoms with Crippen molar-refractivity contribution < 1.29 is 19.2 Å². The third-order valence-electron chi connectivity index (χ3n) is 7.51. The molecule has 0 fully saturated rings. The first-order valence-corrected chi connectivity index (χ1v) is 12.7. The molecule has 190 valence electrons. The molecule has 4 amide bonds. The first-order valence-electron chi connectivity index (χ1n) is 12.7. The van der Waals surface area contributed by atoms with Crippen molar-refractivity contribution in [2.24, 2.45) is 17.3 Å². The van der Waals surface area contributed by atoms with Crippen molar-refractivity contribution in [3.05, 3.63) is 82.6 Å². The number of hydrogen-bond acceptors (Lipinski definition) is 4. The van der Waals surface area contributed by atoms with Gasteiger partial charge in [-0.3, -0.25) is 24.1 Å². The van der Waals surface area contributed by atoms with Gasteiger partial charge in [0.05, 0.1) is 22.3 Å². The zero-order chi connectivity index (χ0) is 27.0. The average Bonchev–Trinajstić information content (AvgIpc) is 3.21. The lowest BCUT2D eigenvalue weighted by Gasteiger charge is -2.35. The summed E-state index contributed by atoms with van der Waals surface area (Å²) in [6.07, 6.45) is 5.98. The Morgan fingerprint density at radius 2 is 1.16 bits per heavy atom. The maximum Gasteiger partial charge on any atom is 0.266 e. The lowest BCUT2D eigenvalue weighted by Crippen LogP contribution is -2.45. The van der Waals surface area contributed by atoms with Gasteiger partial charge in [0.1, 0.15) is 0 Å². The molecule has 2 heterocycles. The summed E-state index contributed by atoms with van der Waals surface area (Å²) in [5, 5.41) is 0. The van der Waals surface area contributed by atoms with Gasteiger partial charge in [0.15, 0.2) is 0 Å². The summed E-state index contributed by atoms with van der Waals surface area (Å²) in [5.74, 6) is -0.835. The number of allylic oxidation sites excluding steroid dienone is 3. The number of fused-ring (bicyclic) bond motifs is 2. The maximum absolute atomic E-state index is 13.4. The van der Waals surface area contributed by atoms with Gasteiger partial charge in [-0.05, 0) is 79.5 Å². The van der Waals surface area contributed by atoms with Gasteiger partial charge in [0.25, 0.3) is 23.6 Å². The summed E-state index contributed by atoms with van der Waals surface area (Å²) in [7, 11) is 0. The van der Waals surface area contributed by atoms with Gasteiger partial charge in [0, 0.05) is 11.2 Å². The van der Waals surface area contributed by atoms with E-state index in [9.17, 15) is 19.2 Å². The summed E-state index contributed by atoms with van der Waals surface area (Å²) in [6.45, 7) is 14.1. The first kappa shape index (κ1) is 24.9. The van der Waals surface area contributed by atoms with Crippen molar-refractivity contribution in [1.82, 2.24) is 9.80 Å². The zero-order valence-electron chi connectivity index (χ0n) is 22.4. The molecule has 0 radical (unpaired) electrons. The molecule has 2 unspecified atom stereocenters. The Bertz CT molecular complexity index is 1450. The van der Waals surface area contributed by atoms with Gasteiger partial charge < -0.3 is 0 Å². The summed E-state index contributed by atoms with van der Waals surface area (Å²) < 4.78 is 0. The number of benzene rings is 2. The molecular weight excluding hydrogens is 464 g/mol. The van der Waals surface area contributed by atoms with E-state index < -0.39 is 5.54 Å². The van der Waals surface area contributed by atoms with Crippen LogP contribution in [0.4, 0.5) is 0 Å². The van der Waals surface area contributed by atoms with Gasteiger partial charge in [-0.25, -0.2) is 4.90 Å². The minimum absolute atomic E-state index is 0.0700. The molecule has 2 aromatic carbocycles. The van der Waals surface area contributed by atoms with Crippen molar-refractivity contribution in [1.29, 1.82) is 0 Å². The Labute approximate surface area is 217 Å². The van der Waals surface area contributed by atoms with Gasteiger partial charge in [0.2, 0.25) is 0 Å². The van der Waals surface area contributed by atoms with Crippen LogP contribution < -0.4 is 0 Å². The quantitative estimate of drug-likeness (QED) is 0.471. The van der Waals surface area contributed by atoms with E-state index in [4.69, 9.17) is 0 Å². The van der Waals surface area contributed by atoms with Gasteiger partial charge in [-0.2, -0.15) is 0 Å². The number of carbonyl (C=O) groups excluding carboxylic acids is 4. The van der Waals surface area contributed by atoms with Crippen LogP contribution in [-0.4, -0.2) is 39.0 Å². The largest absolute Gasteiger partial charge is 0.269 e. The van der Waals surface area contributed by atoms with E-state index in [-0.39, 0.29) is 35.0 Å². The van der Waals surface area contributed by atoms with Crippen LogP contribution in [0.5, 0.6) is 0 Å². The molecule has 0 saturated heterocycles. The Balaban J connectivity index is 1.47. The third-order valence-corrected chi connectivity index (χ3v) is 7.51. The predicted octanol–water partition coefficient (Wildman–Crippen LogP) is 6.10. The fourth-order valence-electron chi connectivity index (χ4n) is 5.72. The Kier molecular flexibility index (Phi) is 5.45. The highest BCUT2D eigenvalue weighted by molar-refractivity contribution is 6.24. The molecule has 2 aliphatic heterocycles. The fraction of sp³-hybridized carbons (Fsp3) is 0.355. The number of rotatable bonds is 2. The van der Waals surface area contributed by atoms with Crippen LogP contribution in [0.3, 0.4) is 0 Å². The molecule has 5 rings (SSSR count). The fourth-order valence-corrected chi connectivity index (χ4v) is 5.72. The first-order chi connectivity index (χ1) is 17.2. The van der Waals surface area contributed by atoms with Crippen molar-refractivity contribution in [2.45, 2.75) is 54.0 Å². The predicted molar refractivity (Wildman–Crippen MR) is 142 cm³/mol. The van der Waals surface area contributed by atoms with Gasteiger partial charge >= 0.3 is 0 Å². The highest BCUT2D eigenvalue weighted by Gasteiger charge is 2.42. The molecular formula is C31H32N2O4. The second-order valence-corrected chi connectivity index (χ2v) is 12.3. The molecule has 6 nitrogen and oxygen atoms in total. The number of hydrogen-bond donors (Lipinski definition) is 0. The topological polar surface area (TPSA) is 74.8 Å². The average molecular weight is 497 g/mol. The minimum atomic E-state index is -0.635. The molecule has 2 aromatic rings. The smallest absolute Gasteiger partial charge is 0.266 e. The molecule has 0 aromatic heterocycles. The molecule has 37 heavy (non-hydrogen) atoms. The Morgan fingerprint density at radius 3 is 1.68 bits per heavy atom. The molecule has 0 saturated carbocycles. The Hall–Kier alpha value is -3.80. The van der Waals surface area contributed by atoms with Crippen molar-refractivity contribution >= 4 is 23.6 Å². The summed E-state index contributed by atoms with van der Waals surface area (Å²) in [5.41, 5.74) is 2.86. The number of imide groups is 2. The van der Waals surface area contributed by atoms with Crippen molar-refractivity contribution in [3.8, 4) is 11.1 Å². The summed E-state index contributed by atoms with van der Waals surface area (Å²) >= 11 is 0. The SMILES string of the molecule is CC1C=C(N2C(=O)c3ccc(-c4ccc5c(c4)C(=O)N(C(C)(C)C)C5=O)cc3C2=O)C=CC1C(C)(C)C. The number of amides is 4. The van der Waals surface area contributed by atoms with Crippen LogP contribution in [0, 0.1) is 17.3 Å². The van der Waals surface area contributed by atoms with Crippen LogP contribution in [-0.2, 0) is 0 Å². The molecule has 6 heteroatoms. The monoisotopic (exact) mass is 496 g/mol. The zero-order valence-corrected chi connectivity index (χ0v) is 22.4. The van der Waals surface area contributed by atoms with Gasteiger partial charge in [-0.1, -0.05) is 52.0 Å². The summed E-state index contributed by atoms with van der Waals surface area (Å²) in [4.78, 5) is 55.1. The lowest BCUT2D eigenvalue weighted by atomic mass is 9.71. The summed E-state index contributed by atoms with van der Waals surface area (Å²) in [6, 6.07) is 10.3. The van der Waals surface area contributed by atoms with Crippen molar-refractivity contribution in [2.75, 3.05) is 0 Å². The normalized spacial score (nSPS) is 21.5. The standard InChI is InChI=1S/C31H32N2O4/c1-17-14-20(10-13-25(17)30(2,3)4)32-26(34)21-11-8-18(15-23(21)27(32)35)19-9-12-22-24(16-19)29(37)33(28(22)36)31(5,6)7/h8-17,25H,1-7H3. The molecule has 2 atom stereocenters. The van der Waals surface area contributed by atoms with E-state index in [1.54, 1.807) is 36.4 Å². The third kappa shape index (κ3) is 3.86. The van der Waals surface area contributed by atoms with E-state index in [0.717, 1.165) is 0 Å². The van der Waals surface area contributed by atoms with Crippen LogP contribution in [0.2, 0.25) is 0 Å². The second kappa shape index (κ2) is 8.10. The lowest BCUT2D eigenvalue weighted by molar-refractivity contribution is 0.0506. The Morgan fingerprint density at radius 1 is 0.676 bits per heavy atom. The molecule has 3 aliphatic rings. The molecule has 0 N–H and O–H groups in total. The van der Waals surface area contributed by atoms with Crippen LogP contribution in [0.1, 0.15) is 89.9 Å². The van der Waals surface area contributed by atoms with Crippen LogP contribution >= 0.6 is 0 Å². The van der Waals surface area contributed by atoms with Gasteiger partial charge in [-0.15, -0.1) is 0 Å². The number of carbonyl (C=O) groups is 4. The number of nitrogens with zero attached hydrogens (tertiary/aromatic N) is 2. The van der Waals surface area contributed by atoms with E-state index in [0.29, 0.717) is 45.0 Å². The van der Waals surface area contributed by atoms with E-state index >= 15 is 0 Å². The van der Waals surface area contributed by atoms with Crippen molar-refractivity contribution in [3.63, 3.8) is 0 Å². The molecule has 0 bridgehead atoms. The highest BCUT2D eigenvalue weighted by atomic mass is 16.2. The molecule has 0 spiro atoms. The minimum Gasteiger partial charge on any atom is -0.269 e. The van der Waals surface area contributed by atoms with E-state index in [2.05, 4.69) is 33.8 Å². The van der Waals surface area contributed by atoms with E-state index in [1.165, 1.54) is 9.80 Å². The van der Waals surface area contributed by atoms with E-state index in [1.807, 2.05) is 32.9 Å².